The first-order valence-electron chi connectivity index (χ1n) is 7.45. The van der Waals surface area contributed by atoms with Crippen molar-refractivity contribution < 1.29 is 8.42 Å². The van der Waals surface area contributed by atoms with Crippen molar-refractivity contribution in [3.63, 3.8) is 0 Å². The molecule has 1 fully saturated rings. The number of nitrogens with one attached hydrogen (secondary N) is 2. The first-order valence-corrected chi connectivity index (χ1v) is 9.75. The maximum atomic E-state index is 12.3. The van der Waals surface area contributed by atoms with Gasteiger partial charge in [0.05, 0.1) is 0 Å². The second-order valence-corrected chi connectivity index (χ2v) is 8.76. The highest BCUT2D eigenvalue weighted by molar-refractivity contribution is 7.91. The molecule has 1 saturated carbocycles. The zero-order valence-electron chi connectivity index (χ0n) is 12.9. The normalized spacial score (nSPS) is 17.3. The largest absolute Gasteiger partial charge is 0.312 e. The van der Waals surface area contributed by atoms with Crippen molar-refractivity contribution in [2.75, 3.05) is 20.1 Å². The van der Waals surface area contributed by atoms with Crippen molar-refractivity contribution >= 4 is 21.4 Å². The molecule has 0 saturated heterocycles. The van der Waals surface area contributed by atoms with E-state index in [4.69, 9.17) is 0 Å². The molecule has 0 amide bonds. The van der Waals surface area contributed by atoms with Crippen LogP contribution in [0.5, 0.6) is 0 Å². The van der Waals surface area contributed by atoms with Crippen LogP contribution in [0.4, 0.5) is 0 Å². The number of thiophene rings is 1. The first kappa shape index (κ1) is 16.9. The third-order valence-corrected chi connectivity index (χ3v) is 6.84. The molecule has 0 aromatic carbocycles. The zero-order chi connectivity index (χ0) is 15.5. The molecule has 2 N–H and O–H groups in total. The highest BCUT2D eigenvalue weighted by Crippen LogP contribution is 2.27. The van der Waals surface area contributed by atoms with Gasteiger partial charge in [-0.05, 0) is 45.5 Å². The van der Waals surface area contributed by atoms with Crippen LogP contribution in [0.1, 0.15) is 31.6 Å². The minimum absolute atomic E-state index is 0.216. The van der Waals surface area contributed by atoms with Gasteiger partial charge in [-0.2, -0.15) is 0 Å². The van der Waals surface area contributed by atoms with Crippen molar-refractivity contribution in [1.82, 2.24) is 14.9 Å². The molecule has 5 nitrogen and oxygen atoms in total. The summed E-state index contributed by atoms with van der Waals surface area (Å²) in [5, 5.41) is 3.20. The Morgan fingerprint density at radius 2 is 2.14 bits per heavy atom. The average Bonchev–Trinajstić information content (AvgIpc) is 3.19. The van der Waals surface area contributed by atoms with Gasteiger partial charge in [-0.3, -0.25) is 4.90 Å². The minimum atomic E-state index is -3.38. The molecule has 0 radical (unpaired) electrons. The van der Waals surface area contributed by atoms with Crippen molar-refractivity contribution in [2.24, 2.45) is 0 Å². The van der Waals surface area contributed by atoms with Gasteiger partial charge in [-0.15, -0.1) is 11.3 Å². The Morgan fingerprint density at radius 3 is 2.76 bits per heavy atom. The van der Waals surface area contributed by atoms with Gasteiger partial charge >= 0.3 is 0 Å². The molecule has 1 aliphatic rings. The molecule has 1 aromatic heterocycles. The minimum Gasteiger partial charge on any atom is -0.312 e. The van der Waals surface area contributed by atoms with E-state index < -0.39 is 10.0 Å². The number of nitrogens with zero attached hydrogens (tertiary/aromatic N) is 1. The van der Waals surface area contributed by atoms with Gasteiger partial charge in [0.15, 0.2) is 0 Å². The summed E-state index contributed by atoms with van der Waals surface area (Å²) in [7, 11) is -1.32. The van der Waals surface area contributed by atoms with Gasteiger partial charge in [-0.1, -0.05) is 6.92 Å². The fourth-order valence-electron chi connectivity index (χ4n) is 2.13. The number of likely N-dealkylation sites (N-methyl/N-ethyl adjacent to an activating group) is 1. The van der Waals surface area contributed by atoms with E-state index in [9.17, 15) is 8.42 Å². The molecule has 120 valence electrons. The van der Waals surface area contributed by atoms with Crippen LogP contribution in [0, 0.1) is 0 Å². The average molecular weight is 332 g/mol. The van der Waals surface area contributed by atoms with Crippen molar-refractivity contribution in [3.8, 4) is 0 Å². The summed E-state index contributed by atoms with van der Waals surface area (Å²) >= 11 is 1.33. The molecule has 2 rings (SSSR count). The fourth-order valence-corrected chi connectivity index (χ4v) is 4.62. The van der Waals surface area contributed by atoms with E-state index in [1.165, 1.54) is 24.2 Å². The van der Waals surface area contributed by atoms with Crippen LogP contribution in [-0.4, -0.2) is 45.5 Å². The van der Waals surface area contributed by atoms with Crippen molar-refractivity contribution in [1.29, 1.82) is 0 Å². The monoisotopic (exact) mass is 331 g/mol. The number of rotatable bonds is 9. The Morgan fingerprint density at radius 1 is 1.43 bits per heavy atom. The van der Waals surface area contributed by atoms with E-state index >= 15 is 0 Å². The molecule has 7 heteroatoms. The summed E-state index contributed by atoms with van der Waals surface area (Å²) in [5.41, 5.74) is 0. The predicted octanol–water partition coefficient (Wildman–Crippen LogP) is 1.62. The van der Waals surface area contributed by atoms with E-state index in [1.807, 2.05) is 13.0 Å². The molecule has 1 unspecified atom stereocenters. The van der Waals surface area contributed by atoms with Crippen LogP contribution in [-0.2, 0) is 16.6 Å². The lowest BCUT2D eigenvalue weighted by molar-refractivity contribution is 0.248. The van der Waals surface area contributed by atoms with Crippen LogP contribution in [0.3, 0.4) is 0 Å². The Labute approximate surface area is 131 Å². The van der Waals surface area contributed by atoms with Crippen LogP contribution in [0.15, 0.2) is 16.3 Å². The summed E-state index contributed by atoms with van der Waals surface area (Å²) in [6.45, 7) is 6.15. The smallest absolute Gasteiger partial charge is 0.250 e. The zero-order valence-corrected chi connectivity index (χ0v) is 14.6. The number of hydrogen-bond donors (Lipinski definition) is 2. The molecular formula is C14H25N3O2S2. The number of sulfonamides is 1. The van der Waals surface area contributed by atoms with Gasteiger partial charge < -0.3 is 5.32 Å². The second-order valence-electron chi connectivity index (χ2n) is 5.60. The van der Waals surface area contributed by atoms with Crippen molar-refractivity contribution in [2.45, 2.75) is 49.5 Å². The van der Waals surface area contributed by atoms with E-state index in [1.54, 1.807) is 6.07 Å². The second kappa shape index (κ2) is 7.19. The quantitative estimate of drug-likeness (QED) is 0.722. The van der Waals surface area contributed by atoms with E-state index in [-0.39, 0.29) is 6.04 Å². The molecule has 0 bridgehead atoms. The molecule has 21 heavy (non-hydrogen) atoms. The lowest BCUT2D eigenvalue weighted by atomic mass is 10.3. The SMILES string of the molecule is CCNCc1ccc(S(=O)(=O)NCC(C)N(C)C2CC2)s1. The maximum Gasteiger partial charge on any atom is 0.250 e. The van der Waals surface area contributed by atoms with Gasteiger partial charge in [0.2, 0.25) is 10.0 Å². The van der Waals surface area contributed by atoms with Crippen LogP contribution in [0.2, 0.25) is 0 Å². The molecule has 0 aliphatic heterocycles. The molecule has 1 aromatic rings. The van der Waals surface area contributed by atoms with E-state index in [0.29, 0.717) is 16.8 Å². The standard InChI is InChI=1S/C14H25N3O2S2/c1-4-15-10-13-7-8-14(20-13)21(18,19)16-9-11(2)17(3)12-5-6-12/h7-8,11-12,15-16H,4-6,9-10H2,1-3H3. The summed E-state index contributed by atoms with van der Waals surface area (Å²) in [6, 6.07) is 4.42. The third-order valence-electron chi connectivity index (χ3n) is 3.84. The summed E-state index contributed by atoms with van der Waals surface area (Å²) in [5.74, 6) is 0. The molecule has 1 heterocycles. The molecule has 0 spiro atoms. The van der Waals surface area contributed by atoms with E-state index in [2.05, 4.69) is 28.9 Å². The Balaban J connectivity index is 1.89. The molecule has 1 aliphatic carbocycles. The lowest BCUT2D eigenvalue weighted by Gasteiger charge is -2.24. The predicted molar refractivity (Wildman–Crippen MR) is 87.1 cm³/mol. The Hall–Kier alpha value is -0.470. The van der Waals surface area contributed by atoms with Gasteiger partial charge in [-0.25, -0.2) is 13.1 Å². The molecule has 1 atom stereocenters. The summed E-state index contributed by atoms with van der Waals surface area (Å²) in [4.78, 5) is 3.30. The van der Waals surface area contributed by atoms with Crippen LogP contribution in [0.25, 0.3) is 0 Å². The van der Waals surface area contributed by atoms with E-state index in [0.717, 1.165) is 18.0 Å². The van der Waals surface area contributed by atoms with Gasteiger partial charge in [0, 0.05) is 30.1 Å². The van der Waals surface area contributed by atoms with Crippen LogP contribution < -0.4 is 10.0 Å². The number of hydrogen-bond acceptors (Lipinski definition) is 5. The van der Waals surface area contributed by atoms with Gasteiger partial charge in [0.1, 0.15) is 4.21 Å². The molecular weight excluding hydrogens is 306 g/mol. The maximum absolute atomic E-state index is 12.3. The Kier molecular flexibility index (Phi) is 5.79. The first-order chi connectivity index (χ1) is 9.94. The third kappa shape index (κ3) is 4.75. The summed E-state index contributed by atoms with van der Waals surface area (Å²) < 4.78 is 27.7. The summed E-state index contributed by atoms with van der Waals surface area (Å²) in [6.07, 6.45) is 2.46. The Bertz CT molecular complexity index is 552. The van der Waals surface area contributed by atoms with Crippen LogP contribution >= 0.6 is 11.3 Å². The highest BCUT2D eigenvalue weighted by atomic mass is 32.2. The highest BCUT2D eigenvalue weighted by Gasteiger charge is 2.29. The van der Waals surface area contributed by atoms with Gasteiger partial charge in [0.25, 0.3) is 0 Å². The topological polar surface area (TPSA) is 61.4 Å². The fraction of sp³-hybridized carbons (Fsp3) is 0.714. The van der Waals surface area contributed by atoms with Crippen molar-refractivity contribution in [3.05, 3.63) is 17.0 Å². The lowest BCUT2D eigenvalue weighted by Crippen LogP contribution is -2.40.